The second-order valence-electron chi connectivity index (χ2n) is 4.86. The van der Waals surface area contributed by atoms with Crippen molar-refractivity contribution >= 4 is 0 Å². The van der Waals surface area contributed by atoms with Crippen LogP contribution in [0.5, 0.6) is 0 Å². The van der Waals surface area contributed by atoms with Gasteiger partial charge in [0.15, 0.2) is 0 Å². The molecule has 2 N–H and O–H groups in total. The van der Waals surface area contributed by atoms with E-state index < -0.39 is 0 Å². The molecule has 1 fully saturated rings. The van der Waals surface area contributed by atoms with Gasteiger partial charge < -0.3 is 5.73 Å². The van der Waals surface area contributed by atoms with E-state index in [1.807, 2.05) is 0 Å². The zero-order chi connectivity index (χ0) is 9.19. The van der Waals surface area contributed by atoms with Crippen LogP contribution in [0.4, 0.5) is 0 Å². The number of hydrogen-bond donors (Lipinski definition) is 1. The second kappa shape index (κ2) is 3.78. The molecule has 0 aromatic heterocycles. The maximum absolute atomic E-state index is 6.23. The number of nitrogens with two attached hydrogens (primary N) is 1. The summed E-state index contributed by atoms with van der Waals surface area (Å²) in [5.41, 5.74) is 6.48. The molecule has 72 valence electrons. The van der Waals surface area contributed by atoms with Crippen molar-refractivity contribution in [2.45, 2.75) is 58.4 Å². The lowest BCUT2D eigenvalue weighted by atomic mass is 10.00. The van der Waals surface area contributed by atoms with Crippen LogP contribution in [0.1, 0.15) is 52.9 Å². The van der Waals surface area contributed by atoms with E-state index in [1.165, 1.54) is 32.1 Å². The SMILES string of the molecule is CCCC1CC1(N)CCC(C)C. The smallest absolute Gasteiger partial charge is 0.0187 e. The summed E-state index contributed by atoms with van der Waals surface area (Å²) in [5, 5.41) is 0. The molecule has 0 aliphatic heterocycles. The van der Waals surface area contributed by atoms with E-state index in [4.69, 9.17) is 5.73 Å². The first kappa shape index (κ1) is 10.0. The molecule has 0 spiro atoms. The molecule has 0 aromatic rings. The fourth-order valence-electron chi connectivity index (χ4n) is 2.00. The van der Waals surface area contributed by atoms with E-state index in [1.54, 1.807) is 0 Å². The Bertz CT molecular complexity index is 142. The predicted octanol–water partition coefficient (Wildman–Crippen LogP) is 2.94. The average Bonchev–Trinajstić information content (AvgIpc) is 2.60. The fourth-order valence-corrected chi connectivity index (χ4v) is 2.00. The van der Waals surface area contributed by atoms with Gasteiger partial charge in [-0.3, -0.25) is 0 Å². The van der Waals surface area contributed by atoms with E-state index >= 15 is 0 Å². The van der Waals surface area contributed by atoms with Gasteiger partial charge in [-0.05, 0) is 37.5 Å². The van der Waals surface area contributed by atoms with Crippen molar-refractivity contribution in [3.05, 3.63) is 0 Å². The lowest BCUT2D eigenvalue weighted by molar-refractivity contribution is 0.453. The Balaban J connectivity index is 2.16. The molecule has 0 saturated heterocycles. The standard InChI is InChI=1S/C11H23N/c1-4-5-10-8-11(10,12)7-6-9(2)3/h9-10H,4-8,12H2,1-3H3. The van der Waals surface area contributed by atoms with Crippen LogP contribution in [0, 0.1) is 11.8 Å². The molecule has 0 heterocycles. The van der Waals surface area contributed by atoms with Crippen LogP contribution < -0.4 is 5.73 Å². The second-order valence-corrected chi connectivity index (χ2v) is 4.86. The largest absolute Gasteiger partial charge is 0.325 e. The minimum atomic E-state index is 0.250. The number of rotatable bonds is 5. The highest BCUT2D eigenvalue weighted by Crippen LogP contribution is 2.47. The summed E-state index contributed by atoms with van der Waals surface area (Å²) in [6.45, 7) is 6.81. The summed E-state index contributed by atoms with van der Waals surface area (Å²) in [4.78, 5) is 0. The first-order valence-corrected chi connectivity index (χ1v) is 5.37. The van der Waals surface area contributed by atoms with Gasteiger partial charge in [-0.25, -0.2) is 0 Å². The van der Waals surface area contributed by atoms with Gasteiger partial charge in [-0.15, -0.1) is 0 Å². The minimum Gasteiger partial charge on any atom is -0.325 e. The quantitative estimate of drug-likeness (QED) is 0.673. The van der Waals surface area contributed by atoms with Crippen molar-refractivity contribution in [3.63, 3.8) is 0 Å². The molecule has 1 aliphatic carbocycles. The van der Waals surface area contributed by atoms with Gasteiger partial charge >= 0.3 is 0 Å². The van der Waals surface area contributed by atoms with Gasteiger partial charge in [-0.2, -0.15) is 0 Å². The summed E-state index contributed by atoms with van der Waals surface area (Å²) < 4.78 is 0. The zero-order valence-electron chi connectivity index (χ0n) is 8.77. The minimum absolute atomic E-state index is 0.250. The average molecular weight is 169 g/mol. The monoisotopic (exact) mass is 169 g/mol. The van der Waals surface area contributed by atoms with E-state index in [9.17, 15) is 0 Å². The van der Waals surface area contributed by atoms with Gasteiger partial charge in [0.1, 0.15) is 0 Å². The normalized spacial score (nSPS) is 34.2. The first-order valence-electron chi connectivity index (χ1n) is 5.37. The molecular weight excluding hydrogens is 146 g/mol. The summed E-state index contributed by atoms with van der Waals surface area (Å²) in [6.07, 6.45) is 6.47. The third-order valence-electron chi connectivity index (χ3n) is 3.10. The molecule has 2 unspecified atom stereocenters. The maximum Gasteiger partial charge on any atom is 0.0187 e. The third kappa shape index (κ3) is 2.48. The Labute approximate surface area is 76.7 Å². The molecule has 0 amide bonds. The number of hydrogen-bond acceptors (Lipinski definition) is 1. The molecule has 2 atom stereocenters. The van der Waals surface area contributed by atoms with Crippen LogP contribution in [0.25, 0.3) is 0 Å². The van der Waals surface area contributed by atoms with Gasteiger partial charge in [0, 0.05) is 5.54 Å². The maximum atomic E-state index is 6.23. The van der Waals surface area contributed by atoms with Gasteiger partial charge in [0.25, 0.3) is 0 Å². The summed E-state index contributed by atoms with van der Waals surface area (Å²) in [6, 6.07) is 0. The molecular formula is C11H23N. The van der Waals surface area contributed by atoms with Crippen LogP contribution in [0.2, 0.25) is 0 Å². The van der Waals surface area contributed by atoms with Crippen LogP contribution in [-0.4, -0.2) is 5.54 Å². The third-order valence-corrected chi connectivity index (χ3v) is 3.10. The van der Waals surface area contributed by atoms with Crippen LogP contribution >= 0.6 is 0 Å². The van der Waals surface area contributed by atoms with Crippen molar-refractivity contribution in [1.82, 2.24) is 0 Å². The summed E-state index contributed by atoms with van der Waals surface area (Å²) in [7, 11) is 0. The molecule has 1 saturated carbocycles. The van der Waals surface area contributed by atoms with E-state index in [2.05, 4.69) is 20.8 Å². The molecule has 1 rings (SSSR count). The van der Waals surface area contributed by atoms with Crippen molar-refractivity contribution in [3.8, 4) is 0 Å². The molecule has 12 heavy (non-hydrogen) atoms. The summed E-state index contributed by atoms with van der Waals surface area (Å²) in [5.74, 6) is 1.66. The Morgan fingerprint density at radius 3 is 2.67 bits per heavy atom. The molecule has 1 nitrogen and oxygen atoms in total. The lowest BCUT2D eigenvalue weighted by Gasteiger charge is -2.12. The molecule has 0 bridgehead atoms. The highest BCUT2D eigenvalue weighted by Gasteiger charge is 2.48. The Morgan fingerprint density at radius 1 is 1.50 bits per heavy atom. The van der Waals surface area contributed by atoms with Crippen molar-refractivity contribution < 1.29 is 0 Å². The lowest BCUT2D eigenvalue weighted by Crippen LogP contribution is -2.25. The molecule has 0 radical (unpaired) electrons. The van der Waals surface area contributed by atoms with Crippen LogP contribution in [0.15, 0.2) is 0 Å². The van der Waals surface area contributed by atoms with Crippen molar-refractivity contribution in [2.24, 2.45) is 17.6 Å². The summed E-state index contributed by atoms with van der Waals surface area (Å²) >= 11 is 0. The topological polar surface area (TPSA) is 26.0 Å². The predicted molar refractivity (Wildman–Crippen MR) is 54.0 cm³/mol. The highest BCUT2D eigenvalue weighted by molar-refractivity contribution is 5.07. The van der Waals surface area contributed by atoms with E-state index in [0.717, 1.165) is 11.8 Å². The Hall–Kier alpha value is -0.0400. The van der Waals surface area contributed by atoms with Crippen LogP contribution in [-0.2, 0) is 0 Å². The van der Waals surface area contributed by atoms with Crippen LogP contribution in [0.3, 0.4) is 0 Å². The Morgan fingerprint density at radius 2 is 2.17 bits per heavy atom. The van der Waals surface area contributed by atoms with Gasteiger partial charge in [0.2, 0.25) is 0 Å². The first-order chi connectivity index (χ1) is 5.58. The molecule has 1 heteroatoms. The van der Waals surface area contributed by atoms with Gasteiger partial charge in [0.05, 0.1) is 0 Å². The van der Waals surface area contributed by atoms with Crippen molar-refractivity contribution in [2.75, 3.05) is 0 Å². The van der Waals surface area contributed by atoms with Gasteiger partial charge in [-0.1, -0.05) is 27.2 Å². The zero-order valence-corrected chi connectivity index (χ0v) is 8.77. The highest BCUT2D eigenvalue weighted by atomic mass is 14.9. The molecule has 0 aromatic carbocycles. The Kier molecular flexibility index (Phi) is 3.16. The van der Waals surface area contributed by atoms with E-state index in [-0.39, 0.29) is 5.54 Å². The molecule has 1 aliphatic rings. The van der Waals surface area contributed by atoms with E-state index in [0.29, 0.717) is 0 Å². The van der Waals surface area contributed by atoms with Crippen molar-refractivity contribution in [1.29, 1.82) is 0 Å². The fraction of sp³-hybridized carbons (Fsp3) is 1.00.